The third kappa shape index (κ3) is 3.33. The SMILES string of the molecule is O=C(O)CC(O)(c1ccccc1)C1CCN(C(=O)O)CC1. The number of rotatable bonds is 4. The van der Waals surface area contributed by atoms with Gasteiger partial charge in [-0.3, -0.25) is 4.79 Å². The molecule has 1 aliphatic heterocycles. The largest absolute Gasteiger partial charge is 0.481 e. The number of hydrogen-bond donors (Lipinski definition) is 3. The Morgan fingerprint density at radius 3 is 2.19 bits per heavy atom. The van der Waals surface area contributed by atoms with E-state index >= 15 is 0 Å². The molecule has 0 aromatic heterocycles. The van der Waals surface area contributed by atoms with E-state index in [1.165, 1.54) is 4.90 Å². The Hall–Kier alpha value is -2.08. The Morgan fingerprint density at radius 2 is 1.71 bits per heavy atom. The normalized spacial score (nSPS) is 19.0. The van der Waals surface area contributed by atoms with Gasteiger partial charge in [0.1, 0.15) is 5.60 Å². The third-order valence-electron chi connectivity index (χ3n) is 4.14. The summed E-state index contributed by atoms with van der Waals surface area (Å²) in [4.78, 5) is 23.4. The minimum absolute atomic E-state index is 0.272. The molecule has 1 amide bonds. The average Bonchev–Trinajstić information content (AvgIpc) is 2.47. The molecule has 2 rings (SSSR count). The highest BCUT2D eigenvalue weighted by Crippen LogP contribution is 2.39. The van der Waals surface area contributed by atoms with Crippen LogP contribution in [0.15, 0.2) is 30.3 Å². The van der Waals surface area contributed by atoms with Crippen LogP contribution in [0.25, 0.3) is 0 Å². The maximum Gasteiger partial charge on any atom is 0.407 e. The van der Waals surface area contributed by atoms with E-state index in [0.717, 1.165) is 0 Å². The minimum atomic E-state index is -1.46. The molecule has 1 saturated heterocycles. The molecule has 0 aliphatic carbocycles. The van der Waals surface area contributed by atoms with Crippen LogP contribution in [0.5, 0.6) is 0 Å². The second kappa shape index (κ2) is 6.13. The predicted octanol–water partition coefficient (Wildman–Crippen LogP) is 1.74. The number of piperidine rings is 1. The van der Waals surface area contributed by atoms with Crippen molar-refractivity contribution in [2.75, 3.05) is 13.1 Å². The molecule has 114 valence electrons. The lowest BCUT2D eigenvalue weighted by molar-refractivity contribution is -0.147. The lowest BCUT2D eigenvalue weighted by Gasteiger charge is -2.40. The molecule has 0 saturated carbocycles. The summed E-state index contributed by atoms with van der Waals surface area (Å²) in [7, 11) is 0. The van der Waals surface area contributed by atoms with Crippen molar-refractivity contribution in [2.24, 2.45) is 5.92 Å². The second-order valence-corrected chi connectivity index (χ2v) is 5.40. The van der Waals surface area contributed by atoms with Crippen molar-refractivity contribution in [1.29, 1.82) is 0 Å². The van der Waals surface area contributed by atoms with Crippen LogP contribution in [0.4, 0.5) is 4.79 Å². The predicted molar refractivity (Wildman–Crippen MR) is 74.9 cm³/mol. The number of hydrogen-bond acceptors (Lipinski definition) is 3. The molecule has 1 fully saturated rings. The summed E-state index contributed by atoms with van der Waals surface area (Å²) in [6.07, 6.45) is -0.458. The molecular weight excluding hydrogens is 274 g/mol. The van der Waals surface area contributed by atoms with Crippen LogP contribution >= 0.6 is 0 Å². The second-order valence-electron chi connectivity index (χ2n) is 5.40. The van der Waals surface area contributed by atoms with Gasteiger partial charge in [0.05, 0.1) is 6.42 Å². The van der Waals surface area contributed by atoms with E-state index in [4.69, 9.17) is 10.2 Å². The van der Waals surface area contributed by atoms with Gasteiger partial charge in [-0.05, 0) is 24.3 Å². The summed E-state index contributed by atoms with van der Waals surface area (Å²) in [6.45, 7) is 0.628. The number of carboxylic acids is 1. The van der Waals surface area contributed by atoms with Crippen LogP contribution in [-0.2, 0) is 10.4 Å². The number of carboxylic acid groups (broad SMARTS) is 2. The Labute approximate surface area is 122 Å². The highest BCUT2D eigenvalue weighted by molar-refractivity contribution is 5.69. The lowest BCUT2D eigenvalue weighted by Crippen LogP contribution is -2.46. The third-order valence-corrected chi connectivity index (χ3v) is 4.14. The first-order chi connectivity index (χ1) is 9.93. The van der Waals surface area contributed by atoms with Gasteiger partial charge in [-0.25, -0.2) is 4.79 Å². The Balaban J connectivity index is 2.21. The molecule has 0 spiro atoms. The summed E-state index contributed by atoms with van der Waals surface area (Å²) in [5.41, 5.74) is -0.890. The monoisotopic (exact) mass is 293 g/mol. The van der Waals surface area contributed by atoms with Crippen molar-refractivity contribution < 1.29 is 24.9 Å². The van der Waals surface area contributed by atoms with E-state index in [2.05, 4.69) is 0 Å². The van der Waals surface area contributed by atoms with Crippen LogP contribution in [0.3, 0.4) is 0 Å². The van der Waals surface area contributed by atoms with Crippen LogP contribution in [0.2, 0.25) is 0 Å². The van der Waals surface area contributed by atoms with Gasteiger partial charge in [-0.2, -0.15) is 0 Å². The van der Waals surface area contributed by atoms with Gasteiger partial charge in [-0.1, -0.05) is 30.3 Å². The Morgan fingerprint density at radius 1 is 1.14 bits per heavy atom. The van der Waals surface area contributed by atoms with Gasteiger partial charge in [0.2, 0.25) is 0 Å². The van der Waals surface area contributed by atoms with Crippen LogP contribution in [-0.4, -0.2) is 45.4 Å². The highest BCUT2D eigenvalue weighted by atomic mass is 16.4. The van der Waals surface area contributed by atoms with Gasteiger partial charge in [0, 0.05) is 13.1 Å². The van der Waals surface area contributed by atoms with Gasteiger partial charge in [0.25, 0.3) is 0 Å². The molecule has 1 heterocycles. The maximum absolute atomic E-state index is 11.1. The van der Waals surface area contributed by atoms with Crippen molar-refractivity contribution >= 4 is 12.1 Å². The van der Waals surface area contributed by atoms with E-state index in [-0.39, 0.29) is 12.3 Å². The topological polar surface area (TPSA) is 98.1 Å². The minimum Gasteiger partial charge on any atom is -0.481 e. The quantitative estimate of drug-likeness (QED) is 0.785. The molecule has 1 aliphatic rings. The van der Waals surface area contributed by atoms with E-state index < -0.39 is 17.7 Å². The zero-order chi connectivity index (χ0) is 15.5. The average molecular weight is 293 g/mol. The number of aliphatic hydroxyl groups is 1. The highest BCUT2D eigenvalue weighted by Gasteiger charge is 2.42. The van der Waals surface area contributed by atoms with Crippen LogP contribution in [0, 0.1) is 5.92 Å². The standard InChI is InChI=1S/C15H19NO5/c17-13(18)10-15(21,11-4-2-1-3-5-11)12-6-8-16(9-7-12)14(19)20/h1-5,12,21H,6-10H2,(H,17,18)(H,19,20). The van der Waals surface area contributed by atoms with Gasteiger partial charge < -0.3 is 20.2 Å². The van der Waals surface area contributed by atoms with E-state index in [1.807, 2.05) is 0 Å². The Kier molecular flexibility index (Phi) is 4.47. The molecule has 0 bridgehead atoms. The molecule has 1 atom stereocenters. The van der Waals surface area contributed by atoms with Crippen molar-refractivity contribution in [2.45, 2.75) is 24.9 Å². The van der Waals surface area contributed by atoms with Crippen molar-refractivity contribution in [1.82, 2.24) is 4.90 Å². The number of nitrogens with zero attached hydrogens (tertiary/aromatic N) is 1. The molecule has 21 heavy (non-hydrogen) atoms. The molecule has 6 nitrogen and oxygen atoms in total. The van der Waals surface area contributed by atoms with Gasteiger partial charge in [0.15, 0.2) is 0 Å². The lowest BCUT2D eigenvalue weighted by atomic mass is 9.74. The first-order valence-corrected chi connectivity index (χ1v) is 6.91. The van der Waals surface area contributed by atoms with E-state index in [1.54, 1.807) is 30.3 Å². The zero-order valence-corrected chi connectivity index (χ0v) is 11.6. The van der Waals surface area contributed by atoms with E-state index in [9.17, 15) is 14.7 Å². The first-order valence-electron chi connectivity index (χ1n) is 6.91. The van der Waals surface area contributed by atoms with Crippen molar-refractivity contribution in [3.8, 4) is 0 Å². The molecule has 1 aromatic rings. The summed E-state index contributed by atoms with van der Waals surface area (Å²) in [5, 5.41) is 29.0. The van der Waals surface area contributed by atoms with Crippen molar-refractivity contribution in [3.05, 3.63) is 35.9 Å². The summed E-state index contributed by atoms with van der Waals surface area (Å²) in [6, 6.07) is 8.75. The molecular formula is C15H19NO5. The smallest absolute Gasteiger partial charge is 0.407 e. The molecule has 1 unspecified atom stereocenters. The molecule has 0 radical (unpaired) electrons. The fraction of sp³-hybridized carbons (Fsp3) is 0.467. The van der Waals surface area contributed by atoms with Crippen LogP contribution < -0.4 is 0 Å². The number of likely N-dealkylation sites (tertiary alicyclic amines) is 1. The number of carbonyl (C=O) groups is 2. The van der Waals surface area contributed by atoms with E-state index in [0.29, 0.717) is 31.5 Å². The molecule has 3 N–H and O–H groups in total. The summed E-state index contributed by atoms with van der Waals surface area (Å²) in [5.74, 6) is -1.34. The van der Waals surface area contributed by atoms with Gasteiger partial charge >= 0.3 is 12.1 Å². The molecule has 1 aromatic carbocycles. The summed E-state index contributed by atoms with van der Waals surface area (Å²) >= 11 is 0. The zero-order valence-electron chi connectivity index (χ0n) is 11.6. The fourth-order valence-electron chi connectivity index (χ4n) is 2.99. The number of aliphatic carboxylic acids is 1. The fourth-order valence-corrected chi connectivity index (χ4v) is 2.99. The number of amides is 1. The summed E-state index contributed by atoms with van der Waals surface area (Å²) < 4.78 is 0. The van der Waals surface area contributed by atoms with Gasteiger partial charge in [-0.15, -0.1) is 0 Å². The molecule has 6 heteroatoms. The Bertz CT molecular complexity index is 510. The van der Waals surface area contributed by atoms with Crippen LogP contribution in [0.1, 0.15) is 24.8 Å². The number of benzene rings is 1. The maximum atomic E-state index is 11.1. The van der Waals surface area contributed by atoms with Crippen molar-refractivity contribution in [3.63, 3.8) is 0 Å². The first kappa shape index (κ1) is 15.3.